The zero-order chi connectivity index (χ0) is 53.0. The second-order valence-corrected chi connectivity index (χ2v) is 19.0. The predicted octanol–water partition coefficient (Wildman–Crippen LogP) is -2.19. The van der Waals surface area contributed by atoms with E-state index in [4.69, 9.17) is 11.5 Å². The molecule has 9 atom stereocenters. The number of nitrogens with two attached hydrogens (primary N) is 2. The molecule has 0 aromatic rings. The molecule has 25 heteroatoms. The van der Waals surface area contributed by atoms with Crippen LogP contribution >= 0.6 is 0 Å². The van der Waals surface area contributed by atoms with Crippen LogP contribution in [0.25, 0.3) is 0 Å². The summed E-state index contributed by atoms with van der Waals surface area (Å²) in [6.45, 7) is 15.0. The lowest BCUT2D eigenvalue weighted by molar-refractivity contribution is -0.144. The van der Waals surface area contributed by atoms with Gasteiger partial charge in [0.2, 0.25) is 53.2 Å². The molecule has 1 saturated heterocycles. The first-order chi connectivity index (χ1) is 31.9. The van der Waals surface area contributed by atoms with E-state index in [2.05, 4.69) is 37.2 Å². The van der Waals surface area contributed by atoms with Crippen LogP contribution in [0, 0.1) is 23.7 Å². The number of primary amides is 1. The fourth-order valence-corrected chi connectivity index (χ4v) is 7.35. The molecule has 1 aliphatic rings. The van der Waals surface area contributed by atoms with E-state index in [1.165, 1.54) is 11.8 Å². The number of hydrogen-bond donors (Lipinski definition) is 12. The molecular formula is C44H74N10O15. The van der Waals surface area contributed by atoms with Crippen molar-refractivity contribution in [2.75, 3.05) is 6.54 Å². The van der Waals surface area contributed by atoms with Crippen molar-refractivity contribution in [1.82, 2.24) is 42.1 Å². The molecular weight excluding hydrogens is 909 g/mol. The van der Waals surface area contributed by atoms with Gasteiger partial charge < -0.3 is 68.9 Å². The van der Waals surface area contributed by atoms with Gasteiger partial charge in [-0.2, -0.15) is 0 Å². The van der Waals surface area contributed by atoms with Crippen LogP contribution in [0.15, 0.2) is 0 Å². The fourth-order valence-electron chi connectivity index (χ4n) is 7.35. The Morgan fingerprint density at radius 1 is 0.551 bits per heavy atom. The molecule has 390 valence electrons. The van der Waals surface area contributed by atoms with Gasteiger partial charge in [0.05, 0.1) is 18.9 Å². The van der Waals surface area contributed by atoms with E-state index in [1.807, 2.05) is 0 Å². The largest absolute Gasteiger partial charge is 0.481 e. The van der Waals surface area contributed by atoms with Crippen LogP contribution < -0.4 is 48.7 Å². The third-order valence-electron chi connectivity index (χ3n) is 10.9. The standard InChI is InChI=1S/C44H74N10O15/c1-20(2)15-27(50-37(61)25(45)18-32(46)55)40(64)51-28(16-21(3)4)39(63)48-26(12-13-33(56)57)38(62)53-35(23(7)8)43(67)54-14-10-11-31(54)42(66)47-24(9)36(60)49-29(19-34(58)59)41(65)52-30(44(68)69)17-22(5)6/h20-31,35H,10-19,45H2,1-9H3,(H2,46,55)(H,47,66)(H,48,63)(H,49,60)(H,50,61)(H,51,64)(H,52,65)(H,53,62)(H,56,57)(H,58,59)(H,68,69)/t24-,25-,26-,27-,28-,29-,30-,31-,35-/m0/s1. The van der Waals surface area contributed by atoms with Crippen molar-refractivity contribution in [2.24, 2.45) is 35.1 Å². The molecule has 1 aliphatic heterocycles. The number of hydrogen-bond acceptors (Lipinski definition) is 13. The Balaban J connectivity index is 3.29. The van der Waals surface area contributed by atoms with E-state index < -0.39 is 157 Å². The first-order valence-electron chi connectivity index (χ1n) is 23.1. The molecule has 14 N–H and O–H groups in total. The number of carboxylic acid groups (broad SMARTS) is 3. The van der Waals surface area contributed by atoms with E-state index in [0.29, 0.717) is 6.42 Å². The molecule has 0 bridgehead atoms. The van der Waals surface area contributed by atoms with Crippen LogP contribution in [-0.2, 0) is 57.5 Å². The fraction of sp³-hybridized carbons (Fsp3) is 0.727. The lowest BCUT2D eigenvalue weighted by Gasteiger charge is -2.32. The Hall–Kier alpha value is -6.40. The van der Waals surface area contributed by atoms with Gasteiger partial charge in [-0.05, 0) is 69.1 Å². The summed E-state index contributed by atoms with van der Waals surface area (Å²) in [5.41, 5.74) is 10.9. The topological polar surface area (TPSA) is 405 Å². The highest BCUT2D eigenvalue weighted by molar-refractivity contribution is 5.99. The highest BCUT2D eigenvalue weighted by Gasteiger charge is 2.41. The van der Waals surface area contributed by atoms with Gasteiger partial charge in [-0.3, -0.25) is 52.7 Å². The van der Waals surface area contributed by atoms with Gasteiger partial charge in [0.15, 0.2) is 0 Å². The maximum Gasteiger partial charge on any atom is 0.326 e. The number of likely N-dealkylation sites (tertiary alicyclic amines) is 1. The third kappa shape index (κ3) is 21.6. The van der Waals surface area contributed by atoms with E-state index in [-0.39, 0.29) is 50.0 Å². The van der Waals surface area contributed by atoms with E-state index in [9.17, 15) is 72.9 Å². The number of nitrogens with one attached hydrogen (secondary N) is 7. The number of carboxylic acids is 3. The minimum atomic E-state index is -1.71. The maximum atomic E-state index is 14.2. The zero-order valence-electron chi connectivity index (χ0n) is 40.9. The predicted molar refractivity (Wildman–Crippen MR) is 246 cm³/mol. The SMILES string of the molecule is CC(C)C[C@H](NC(=O)[C@H](CC(=O)O)NC(=O)[C@H](C)NC(=O)[C@@H]1CCCN1C(=O)[C@@H](NC(=O)[C@H](CCC(=O)O)NC(=O)[C@H](CC(C)C)NC(=O)[C@H](CC(C)C)NC(=O)[C@@H](N)CC(N)=O)C(C)C)C(=O)O. The number of carbonyl (C=O) groups excluding carboxylic acids is 9. The summed E-state index contributed by atoms with van der Waals surface area (Å²) < 4.78 is 0. The molecule has 69 heavy (non-hydrogen) atoms. The summed E-state index contributed by atoms with van der Waals surface area (Å²) in [4.78, 5) is 156. The average Bonchev–Trinajstić information content (AvgIpc) is 3.72. The highest BCUT2D eigenvalue weighted by Crippen LogP contribution is 2.21. The lowest BCUT2D eigenvalue weighted by Crippen LogP contribution is -2.61. The van der Waals surface area contributed by atoms with Gasteiger partial charge in [-0.25, -0.2) is 4.79 Å². The van der Waals surface area contributed by atoms with Gasteiger partial charge in [-0.1, -0.05) is 55.4 Å². The van der Waals surface area contributed by atoms with Gasteiger partial charge in [-0.15, -0.1) is 0 Å². The zero-order valence-corrected chi connectivity index (χ0v) is 40.9. The van der Waals surface area contributed by atoms with Gasteiger partial charge in [0.1, 0.15) is 48.3 Å². The molecule has 0 spiro atoms. The summed E-state index contributed by atoms with van der Waals surface area (Å²) in [5.74, 6) is -13.2. The first kappa shape index (κ1) is 60.6. The summed E-state index contributed by atoms with van der Waals surface area (Å²) in [6.07, 6.45) is -1.83. The van der Waals surface area contributed by atoms with Gasteiger partial charge in [0.25, 0.3) is 0 Å². The van der Waals surface area contributed by atoms with Crippen LogP contribution in [0.4, 0.5) is 0 Å². The van der Waals surface area contributed by atoms with Crippen LogP contribution in [0.2, 0.25) is 0 Å². The van der Waals surface area contributed by atoms with Crippen LogP contribution in [0.5, 0.6) is 0 Å². The number of amides is 9. The molecule has 0 aliphatic carbocycles. The molecule has 0 unspecified atom stereocenters. The summed E-state index contributed by atoms with van der Waals surface area (Å²) in [6, 6.07) is -12.4. The van der Waals surface area contributed by atoms with Crippen molar-refractivity contribution in [3.63, 3.8) is 0 Å². The monoisotopic (exact) mass is 983 g/mol. The van der Waals surface area contributed by atoms with Crippen molar-refractivity contribution in [3.8, 4) is 0 Å². The van der Waals surface area contributed by atoms with Crippen molar-refractivity contribution in [1.29, 1.82) is 0 Å². The first-order valence-corrected chi connectivity index (χ1v) is 23.1. The molecule has 1 fully saturated rings. The normalized spacial score (nSPS) is 17.0. The second-order valence-electron chi connectivity index (χ2n) is 19.0. The Labute approximate surface area is 401 Å². The quantitative estimate of drug-likeness (QED) is 0.0364. The van der Waals surface area contributed by atoms with E-state index in [1.54, 1.807) is 55.4 Å². The second kappa shape index (κ2) is 28.8. The van der Waals surface area contributed by atoms with Crippen molar-refractivity contribution < 1.29 is 72.9 Å². The molecule has 0 saturated carbocycles. The van der Waals surface area contributed by atoms with E-state index >= 15 is 0 Å². The van der Waals surface area contributed by atoms with Crippen molar-refractivity contribution >= 4 is 71.1 Å². The molecule has 0 radical (unpaired) electrons. The third-order valence-corrected chi connectivity index (χ3v) is 10.9. The molecule has 0 aromatic carbocycles. The number of rotatable bonds is 30. The summed E-state index contributed by atoms with van der Waals surface area (Å²) >= 11 is 0. The molecule has 25 nitrogen and oxygen atoms in total. The van der Waals surface area contributed by atoms with Crippen LogP contribution in [0.3, 0.4) is 0 Å². The molecule has 1 heterocycles. The van der Waals surface area contributed by atoms with Crippen molar-refractivity contribution in [3.05, 3.63) is 0 Å². The molecule has 9 amide bonds. The number of aliphatic carboxylic acids is 3. The average molecular weight is 983 g/mol. The smallest absolute Gasteiger partial charge is 0.326 e. The Morgan fingerprint density at radius 3 is 1.46 bits per heavy atom. The number of nitrogens with zero attached hydrogens (tertiary/aromatic N) is 1. The molecule has 0 aromatic heterocycles. The maximum absolute atomic E-state index is 14.2. The van der Waals surface area contributed by atoms with Gasteiger partial charge >= 0.3 is 17.9 Å². The lowest BCUT2D eigenvalue weighted by atomic mass is 9.98. The molecule has 1 rings (SSSR count). The number of carbonyl (C=O) groups is 12. The minimum Gasteiger partial charge on any atom is -0.481 e. The van der Waals surface area contributed by atoms with Crippen molar-refractivity contribution in [2.45, 2.75) is 174 Å². The Kier molecular flexibility index (Phi) is 25.3. The van der Waals surface area contributed by atoms with Gasteiger partial charge in [0, 0.05) is 13.0 Å². The Morgan fingerprint density at radius 2 is 1.00 bits per heavy atom. The summed E-state index contributed by atoms with van der Waals surface area (Å²) in [5, 5.41) is 45.6. The minimum absolute atomic E-state index is 0.0186. The van der Waals surface area contributed by atoms with E-state index in [0.717, 1.165) is 0 Å². The summed E-state index contributed by atoms with van der Waals surface area (Å²) in [7, 11) is 0. The Bertz CT molecular complexity index is 1880. The highest BCUT2D eigenvalue weighted by atomic mass is 16.4. The van der Waals surface area contributed by atoms with Crippen LogP contribution in [0.1, 0.15) is 120 Å². The van der Waals surface area contributed by atoms with Crippen LogP contribution in [-0.4, -0.2) is 152 Å².